The van der Waals surface area contributed by atoms with Gasteiger partial charge in [-0.25, -0.2) is 9.97 Å². The Kier molecular flexibility index (Phi) is 4.81. The fraction of sp³-hybridized carbons (Fsp3) is 0.125. The number of amides is 1. The number of benzene rings is 3. The Morgan fingerprint density at radius 2 is 1.57 bits per heavy atom. The molecule has 4 nitrogen and oxygen atoms in total. The van der Waals surface area contributed by atoms with Crippen LogP contribution in [-0.4, -0.2) is 15.9 Å². The van der Waals surface area contributed by atoms with E-state index in [1.165, 1.54) is 22.5 Å². The third kappa shape index (κ3) is 3.49. The summed E-state index contributed by atoms with van der Waals surface area (Å²) in [6, 6.07) is 22.1. The van der Waals surface area contributed by atoms with Crippen molar-refractivity contribution in [2.45, 2.75) is 20.4 Å². The average Bonchev–Trinajstić information content (AvgIpc) is 3.36. The number of fused-ring (bicyclic) bond motifs is 2. The number of carbonyl (C=O) groups excluding carboxylic acids is 1. The molecule has 0 aliphatic carbocycles. The van der Waals surface area contributed by atoms with Crippen molar-refractivity contribution in [3.63, 3.8) is 0 Å². The van der Waals surface area contributed by atoms with Crippen LogP contribution in [0.3, 0.4) is 0 Å². The van der Waals surface area contributed by atoms with E-state index in [-0.39, 0.29) is 5.91 Å². The van der Waals surface area contributed by atoms with Gasteiger partial charge in [-0.3, -0.25) is 9.69 Å². The summed E-state index contributed by atoms with van der Waals surface area (Å²) in [4.78, 5) is 24.7. The highest BCUT2D eigenvalue weighted by atomic mass is 32.1. The molecule has 1 amide bonds. The normalized spacial score (nSPS) is 11.3. The van der Waals surface area contributed by atoms with Crippen molar-refractivity contribution in [1.29, 1.82) is 0 Å². The number of aryl methyl sites for hydroxylation is 2. The smallest absolute Gasteiger partial charge is 0.277 e. The molecule has 0 unspecified atom stereocenters. The van der Waals surface area contributed by atoms with Gasteiger partial charge in [-0.05, 0) is 54.8 Å². The lowest BCUT2D eigenvalue weighted by Gasteiger charge is -2.18. The van der Waals surface area contributed by atoms with Crippen LogP contribution in [0.1, 0.15) is 26.5 Å². The van der Waals surface area contributed by atoms with E-state index < -0.39 is 0 Å². The zero-order valence-corrected chi connectivity index (χ0v) is 18.3. The second-order valence-corrected chi connectivity index (χ2v) is 9.30. The van der Waals surface area contributed by atoms with E-state index in [0.717, 1.165) is 26.0 Å². The number of hydrogen-bond donors (Lipinski definition) is 0. The fourth-order valence-electron chi connectivity index (χ4n) is 3.35. The maximum Gasteiger partial charge on any atom is 0.289 e. The van der Waals surface area contributed by atoms with Crippen LogP contribution in [0, 0.1) is 13.8 Å². The highest BCUT2D eigenvalue weighted by Gasteiger charge is 2.24. The summed E-state index contributed by atoms with van der Waals surface area (Å²) in [5, 5.41) is 1.18. The minimum Gasteiger partial charge on any atom is -0.277 e. The molecule has 2 aromatic heterocycles. The number of para-hydroxylation sites is 1. The minimum absolute atomic E-state index is 0.118. The van der Waals surface area contributed by atoms with Gasteiger partial charge in [-0.1, -0.05) is 53.8 Å². The van der Waals surface area contributed by atoms with Crippen molar-refractivity contribution in [2.75, 3.05) is 4.90 Å². The van der Waals surface area contributed by atoms with Crippen LogP contribution < -0.4 is 4.90 Å². The number of aromatic nitrogens is 2. The van der Waals surface area contributed by atoms with E-state index in [0.29, 0.717) is 16.7 Å². The van der Waals surface area contributed by atoms with E-state index in [1.54, 1.807) is 16.2 Å². The summed E-state index contributed by atoms with van der Waals surface area (Å²) in [5.41, 5.74) is 5.25. The van der Waals surface area contributed by atoms with Crippen LogP contribution in [0.2, 0.25) is 0 Å². The molecule has 0 saturated carbocycles. The van der Waals surface area contributed by atoms with Gasteiger partial charge in [0, 0.05) is 0 Å². The van der Waals surface area contributed by atoms with Crippen LogP contribution in [-0.2, 0) is 6.54 Å². The average molecular weight is 430 g/mol. The molecule has 0 radical (unpaired) electrons. The van der Waals surface area contributed by atoms with Gasteiger partial charge in [0.05, 0.1) is 27.0 Å². The number of hydrogen-bond acceptors (Lipinski definition) is 5. The van der Waals surface area contributed by atoms with Crippen molar-refractivity contribution >= 4 is 54.1 Å². The van der Waals surface area contributed by atoms with Gasteiger partial charge >= 0.3 is 0 Å². The molecular formula is C24H19N3OS2. The first-order valence-electron chi connectivity index (χ1n) is 9.67. The van der Waals surface area contributed by atoms with Crippen LogP contribution >= 0.6 is 22.7 Å². The lowest BCUT2D eigenvalue weighted by atomic mass is 10.1. The molecule has 0 bridgehead atoms. The lowest BCUT2D eigenvalue weighted by molar-refractivity contribution is 0.0985. The molecule has 30 heavy (non-hydrogen) atoms. The van der Waals surface area contributed by atoms with E-state index >= 15 is 0 Å². The highest BCUT2D eigenvalue weighted by Crippen LogP contribution is 2.33. The maximum atomic E-state index is 13.6. The first-order chi connectivity index (χ1) is 14.6. The number of nitrogens with zero attached hydrogens (tertiary/aromatic N) is 3. The summed E-state index contributed by atoms with van der Waals surface area (Å²) in [5.74, 6) is -0.118. The number of thiazole rings is 2. The van der Waals surface area contributed by atoms with Crippen molar-refractivity contribution < 1.29 is 4.79 Å². The molecule has 148 valence electrons. The molecule has 0 saturated heterocycles. The summed E-state index contributed by atoms with van der Waals surface area (Å²) in [7, 11) is 0. The third-order valence-corrected chi connectivity index (χ3v) is 7.19. The monoisotopic (exact) mass is 429 g/mol. The summed E-state index contributed by atoms with van der Waals surface area (Å²) >= 11 is 2.97. The maximum absolute atomic E-state index is 13.6. The Morgan fingerprint density at radius 1 is 0.833 bits per heavy atom. The molecule has 0 aliphatic rings. The molecule has 0 atom stereocenters. The zero-order chi connectivity index (χ0) is 20.7. The number of carbonyl (C=O) groups is 1. The van der Waals surface area contributed by atoms with Crippen molar-refractivity contribution in [1.82, 2.24) is 9.97 Å². The quantitative estimate of drug-likeness (QED) is 0.333. The molecule has 2 heterocycles. The minimum atomic E-state index is -0.118. The molecule has 0 aliphatic heterocycles. The Labute approximate surface area is 182 Å². The fourth-order valence-corrected chi connectivity index (χ4v) is 5.31. The van der Waals surface area contributed by atoms with E-state index in [2.05, 4.69) is 31.0 Å². The van der Waals surface area contributed by atoms with Crippen LogP contribution in [0.5, 0.6) is 0 Å². The standard InChI is InChI=1S/C24H19N3OS2/c1-15-12-19-21(13-16(15)2)30-24(26-19)27(14-17-8-4-3-5-9-17)23(28)22-25-18-10-6-7-11-20(18)29-22/h3-13H,14H2,1-2H3. The molecule has 3 aromatic carbocycles. The highest BCUT2D eigenvalue weighted by molar-refractivity contribution is 7.23. The van der Waals surface area contributed by atoms with Gasteiger partial charge in [-0.15, -0.1) is 11.3 Å². The van der Waals surface area contributed by atoms with Gasteiger partial charge in [0.25, 0.3) is 5.91 Å². The van der Waals surface area contributed by atoms with Crippen LogP contribution in [0.25, 0.3) is 20.4 Å². The van der Waals surface area contributed by atoms with Crippen molar-refractivity contribution in [3.8, 4) is 0 Å². The Morgan fingerprint density at radius 3 is 2.37 bits per heavy atom. The molecule has 6 heteroatoms. The van der Waals surface area contributed by atoms with Gasteiger partial charge in [0.1, 0.15) is 0 Å². The number of anilines is 1. The molecule has 0 spiro atoms. The number of rotatable bonds is 4. The van der Waals surface area contributed by atoms with E-state index in [4.69, 9.17) is 4.98 Å². The topological polar surface area (TPSA) is 46.1 Å². The zero-order valence-electron chi connectivity index (χ0n) is 16.6. The van der Waals surface area contributed by atoms with Gasteiger partial charge in [0.2, 0.25) is 0 Å². The van der Waals surface area contributed by atoms with E-state index in [9.17, 15) is 4.79 Å². The Balaban J connectivity index is 1.60. The first-order valence-corrected chi connectivity index (χ1v) is 11.3. The summed E-state index contributed by atoms with van der Waals surface area (Å²) in [6.45, 7) is 4.64. The molecular weight excluding hydrogens is 410 g/mol. The second-order valence-electron chi connectivity index (χ2n) is 7.26. The van der Waals surface area contributed by atoms with E-state index in [1.807, 2.05) is 54.6 Å². The molecule has 5 aromatic rings. The van der Waals surface area contributed by atoms with Crippen LogP contribution in [0.4, 0.5) is 5.13 Å². The van der Waals surface area contributed by atoms with Gasteiger partial charge in [0.15, 0.2) is 10.1 Å². The van der Waals surface area contributed by atoms with Gasteiger partial charge < -0.3 is 0 Å². The first kappa shape index (κ1) is 18.9. The van der Waals surface area contributed by atoms with Gasteiger partial charge in [-0.2, -0.15) is 0 Å². The second kappa shape index (κ2) is 7.63. The van der Waals surface area contributed by atoms with Crippen LogP contribution in [0.15, 0.2) is 66.7 Å². The Bertz CT molecular complexity index is 1300. The summed E-state index contributed by atoms with van der Waals surface area (Å²) < 4.78 is 2.10. The lowest BCUT2D eigenvalue weighted by Crippen LogP contribution is -2.30. The predicted octanol–water partition coefficient (Wildman–Crippen LogP) is 6.37. The molecule has 5 rings (SSSR count). The SMILES string of the molecule is Cc1cc2nc(N(Cc3ccccc3)C(=O)c3nc4ccccc4s3)sc2cc1C. The Hall–Kier alpha value is -3.09. The summed E-state index contributed by atoms with van der Waals surface area (Å²) in [6.07, 6.45) is 0. The van der Waals surface area contributed by atoms with Crippen molar-refractivity contribution in [2.24, 2.45) is 0 Å². The molecule has 0 fully saturated rings. The molecule has 0 N–H and O–H groups in total. The largest absolute Gasteiger partial charge is 0.289 e. The predicted molar refractivity (Wildman–Crippen MR) is 126 cm³/mol. The van der Waals surface area contributed by atoms with Crippen molar-refractivity contribution in [3.05, 3.63) is 88.4 Å². The third-order valence-electron chi connectivity index (χ3n) is 5.13.